The Labute approximate surface area is 233 Å². The van der Waals surface area contributed by atoms with Gasteiger partial charge in [-0.2, -0.15) is 12.6 Å². The fourth-order valence-corrected chi connectivity index (χ4v) is 4.37. The minimum absolute atomic E-state index is 0.0630. The molecule has 2 unspecified atom stereocenters. The first-order chi connectivity index (χ1) is 18.0. The molecule has 0 bridgehead atoms. The molecular formula is C30H43N3O4S. The van der Waals surface area contributed by atoms with E-state index in [1.54, 1.807) is 25.7 Å². The second-order valence-electron chi connectivity index (χ2n) is 10.6. The van der Waals surface area contributed by atoms with Crippen LogP contribution in [0.3, 0.4) is 0 Å². The summed E-state index contributed by atoms with van der Waals surface area (Å²) >= 11 is 4.36. The largest absolute Gasteiger partial charge is 0.444 e. The Hall–Kier alpha value is -3.00. The number of aryl methyl sites for hydroxylation is 2. The molecule has 0 fully saturated rings. The summed E-state index contributed by atoms with van der Waals surface area (Å²) in [6.45, 7) is 12.0. The van der Waals surface area contributed by atoms with Crippen LogP contribution in [0.4, 0.5) is 4.79 Å². The van der Waals surface area contributed by atoms with E-state index in [0.717, 1.165) is 41.5 Å². The van der Waals surface area contributed by atoms with Crippen LogP contribution in [0.1, 0.15) is 75.3 Å². The average molecular weight is 542 g/mol. The Morgan fingerprint density at radius 3 is 2.32 bits per heavy atom. The van der Waals surface area contributed by atoms with Crippen molar-refractivity contribution in [3.63, 3.8) is 0 Å². The molecule has 3 amide bonds. The van der Waals surface area contributed by atoms with Crippen molar-refractivity contribution in [1.82, 2.24) is 15.5 Å². The van der Waals surface area contributed by atoms with E-state index < -0.39 is 23.8 Å². The SMILES string of the molecule is CCCCCN(C(=O)C(CS)NC(=O)OC(C)(C)C)C(C(=O)NCc1ccccc1)c1cc(C)ccc1C. The number of carbonyl (C=O) groups excluding carboxylic acids is 3. The molecule has 0 spiro atoms. The highest BCUT2D eigenvalue weighted by molar-refractivity contribution is 7.80. The molecule has 2 atom stereocenters. The summed E-state index contributed by atoms with van der Waals surface area (Å²) in [5.74, 6) is -0.585. The normalized spacial score (nSPS) is 12.8. The summed E-state index contributed by atoms with van der Waals surface area (Å²) in [6.07, 6.45) is 1.89. The highest BCUT2D eigenvalue weighted by Gasteiger charge is 2.36. The van der Waals surface area contributed by atoms with Gasteiger partial charge in [0.25, 0.3) is 0 Å². The van der Waals surface area contributed by atoms with Crippen LogP contribution in [-0.2, 0) is 20.9 Å². The number of nitrogens with one attached hydrogen (secondary N) is 2. The minimum Gasteiger partial charge on any atom is -0.444 e. The number of hydrogen-bond donors (Lipinski definition) is 3. The topological polar surface area (TPSA) is 87.7 Å². The van der Waals surface area contributed by atoms with E-state index in [1.807, 2.05) is 62.4 Å². The fraction of sp³-hybridized carbons (Fsp3) is 0.500. The van der Waals surface area contributed by atoms with Gasteiger partial charge in [-0.3, -0.25) is 9.59 Å². The Balaban J connectivity index is 2.46. The van der Waals surface area contributed by atoms with E-state index in [1.165, 1.54) is 0 Å². The third kappa shape index (κ3) is 9.71. The number of rotatable bonds is 12. The van der Waals surface area contributed by atoms with E-state index in [2.05, 4.69) is 30.2 Å². The first-order valence-corrected chi connectivity index (χ1v) is 13.9. The molecule has 0 aliphatic carbocycles. The molecule has 0 saturated heterocycles. The van der Waals surface area contributed by atoms with Crippen LogP contribution >= 0.6 is 12.6 Å². The molecule has 2 rings (SSSR count). The maximum absolute atomic E-state index is 14.0. The predicted octanol–water partition coefficient (Wildman–Crippen LogP) is 5.50. The highest BCUT2D eigenvalue weighted by atomic mass is 32.1. The quantitative estimate of drug-likeness (QED) is 0.245. The van der Waals surface area contributed by atoms with E-state index >= 15 is 0 Å². The molecule has 2 aromatic rings. The Morgan fingerprint density at radius 2 is 1.71 bits per heavy atom. The van der Waals surface area contributed by atoms with Gasteiger partial charge in [0.1, 0.15) is 17.7 Å². The van der Waals surface area contributed by atoms with Gasteiger partial charge in [0.15, 0.2) is 0 Å². The lowest BCUT2D eigenvalue weighted by Crippen LogP contribution is -2.54. The van der Waals surface area contributed by atoms with Crippen LogP contribution in [-0.4, -0.2) is 46.7 Å². The van der Waals surface area contributed by atoms with Crippen molar-refractivity contribution in [3.05, 3.63) is 70.8 Å². The number of hydrogen-bond acceptors (Lipinski definition) is 5. The lowest BCUT2D eigenvalue weighted by Gasteiger charge is -2.35. The first kappa shape index (κ1) is 31.2. The Kier molecular flexibility index (Phi) is 12.2. The minimum atomic E-state index is -0.954. The second-order valence-corrected chi connectivity index (χ2v) is 11.0. The van der Waals surface area contributed by atoms with E-state index in [4.69, 9.17) is 4.74 Å². The van der Waals surface area contributed by atoms with Gasteiger partial charge in [0.2, 0.25) is 11.8 Å². The van der Waals surface area contributed by atoms with E-state index in [0.29, 0.717) is 13.1 Å². The maximum atomic E-state index is 14.0. The van der Waals surface area contributed by atoms with Crippen molar-refractivity contribution in [2.45, 2.75) is 85.0 Å². The van der Waals surface area contributed by atoms with Crippen molar-refractivity contribution in [2.24, 2.45) is 0 Å². The lowest BCUT2D eigenvalue weighted by molar-refractivity contribution is -0.142. The molecule has 7 nitrogen and oxygen atoms in total. The number of nitrogens with zero attached hydrogens (tertiary/aromatic N) is 1. The first-order valence-electron chi connectivity index (χ1n) is 13.3. The van der Waals surface area contributed by atoms with Gasteiger partial charge < -0.3 is 20.3 Å². The smallest absolute Gasteiger partial charge is 0.408 e. The van der Waals surface area contributed by atoms with Gasteiger partial charge in [-0.15, -0.1) is 0 Å². The maximum Gasteiger partial charge on any atom is 0.408 e. The fourth-order valence-electron chi connectivity index (χ4n) is 4.12. The number of carbonyl (C=O) groups is 3. The second kappa shape index (κ2) is 14.8. The Bertz CT molecular complexity index is 1070. The van der Waals surface area contributed by atoms with Crippen molar-refractivity contribution < 1.29 is 19.1 Å². The zero-order chi connectivity index (χ0) is 28.3. The number of ether oxygens (including phenoxy) is 1. The molecule has 208 valence electrons. The van der Waals surface area contributed by atoms with E-state index in [9.17, 15) is 14.4 Å². The molecule has 0 saturated carbocycles. The van der Waals surface area contributed by atoms with Crippen LogP contribution in [0.15, 0.2) is 48.5 Å². The molecule has 2 N–H and O–H groups in total. The number of alkyl carbamates (subject to hydrolysis) is 1. The zero-order valence-electron chi connectivity index (χ0n) is 23.5. The van der Waals surface area contributed by atoms with Gasteiger partial charge in [0, 0.05) is 18.8 Å². The van der Waals surface area contributed by atoms with Crippen LogP contribution < -0.4 is 10.6 Å². The standard InChI is InChI=1S/C30H43N3O4S/c1-7-8-12-17-33(28(35)25(20-38)32-29(36)37-30(4,5)6)26(24-18-21(2)15-16-22(24)3)27(34)31-19-23-13-10-9-11-14-23/h9-11,13-16,18,25-26,38H,7-8,12,17,19-20H2,1-6H3,(H,31,34)(H,32,36). The summed E-state index contributed by atoms with van der Waals surface area (Å²) < 4.78 is 5.38. The van der Waals surface area contributed by atoms with Gasteiger partial charge in [-0.05, 0) is 57.7 Å². The molecule has 0 heterocycles. The number of unbranched alkanes of at least 4 members (excludes halogenated alkanes) is 2. The van der Waals surface area contributed by atoms with Crippen molar-refractivity contribution >= 4 is 30.5 Å². The number of amides is 3. The summed E-state index contributed by atoms with van der Waals surface area (Å²) in [6, 6.07) is 13.7. The lowest BCUT2D eigenvalue weighted by atomic mass is 9.96. The van der Waals surface area contributed by atoms with Crippen LogP contribution in [0.25, 0.3) is 0 Å². The van der Waals surface area contributed by atoms with Crippen molar-refractivity contribution in [2.75, 3.05) is 12.3 Å². The highest BCUT2D eigenvalue weighted by Crippen LogP contribution is 2.27. The molecule has 8 heteroatoms. The Morgan fingerprint density at radius 1 is 1.03 bits per heavy atom. The van der Waals surface area contributed by atoms with Gasteiger partial charge >= 0.3 is 6.09 Å². The van der Waals surface area contributed by atoms with Crippen LogP contribution in [0.5, 0.6) is 0 Å². The van der Waals surface area contributed by atoms with E-state index in [-0.39, 0.29) is 17.6 Å². The zero-order valence-corrected chi connectivity index (χ0v) is 24.4. The third-order valence-electron chi connectivity index (χ3n) is 6.06. The molecule has 0 aliphatic rings. The predicted molar refractivity (Wildman–Crippen MR) is 155 cm³/mol. The monoisotopic (exact) mass is 541 g/mol. The molecule has 0 aliphatic heterocycles. The summed E-state index contributed by atoms with van der Waals surface area (Å²) in [5, 5.41) is 5.70. The van der Waals surface area contributed by atoms with Crippen molar-refractivity contribution in [3.8, 4) is 0 Å². The van der Waals surface area contributed by atoms with Gasteiger partial charge in [-0.1, -0.05) is 73.9 Å². The van der Waals surface area contributed by atoms with Crippen molar-refractivity contribution in [1.29, 1.82) is 0 Å². The van der Waals surface area contributed by atoms with Gasteiger partial charge in [0.05, 0.1) is 0 Å². The average Bonchev–Trinajstić information content (AvgIpc) is 2.86. The molecule has 0 radical (unpaired) electrons. The molecule has 2 aromatic carbocycles. The van der Waals surface area contributed by atoms with Crippen LogP contribution in [0, 0.1) is 13.8 Å². The molecule has 0 aromatic heterocycles. The molecular weight excluding hydrogens is 498 g/mol. The summed E-state index contributed by atoms with van der Waals surface area (Å²) in [4.78, 5) is 42.0. The summed E-state index contributed by atoms with van der Waals surface area (Å²) in [5.41, 5.74) is 2.91. The van der Waals surface area contributed by atoms with Crippen LogP contribution in [0.2, 0.25) is 0 Å². The van der Waals surface area contributed by atoms with Gasteiger partial charge in [-0.25, -0.2) is 4.79 Å². The number of thiol groups is 1. The molecule has 38 heavy (non-hydrogen) atoms. The summed E-state index contributed by atoms with van der Waals surface area (Å²) in [7, 11) is 0. The third-order valence-corrected chi connectivity index (χ3v) is 6.42. The number of benzene rings is 2.